The van der Waals surface area contributed by atoms with E-state index in [0.717, 1.165) is 48.0 Å². The zero-order chi connectivity index (χ0) is 33.0. The lowest BCUT2D eigenvalue weighted by atomic mass is 10.0. The van der Waals surface area contributed by atoms with Crippen LogP contribution in [0.4, 0.5) is 11.8 Å². The number of anilines is 2. The van der Waals surface area contributed by atoms with E-state index in [4.69, 9.17) is 18.9 Å². The average Bonchev–Trinajstić information content (AvgIpc) is 3.70. The van der Waals surface area contributed by atoms with Gasteiger partial charge in [-0.25, -0.2) is 4.98 Å². The van der Waals surface area contributed by atoms with E-state index in [2.05, 4.69) is 43.0 Å². The largest absolute Gasteiger partial charge is 0.497 e. The SMILES string of the molecule is CCOCCN(I)c1cc(=O)c2c(o1)C(/C(C)=C(/C=C(\C)Nc1ncc3cc(C(=O)N(C)C)n(C4CCCC4)c3n1)OC)NCS2. The molecule has 0 saturated heterocycles. The minimum atomic E-state index is -0.366. The lowest BCUT2D eigenvalue weighted by molar-refractivity contribution is 0.0815. The molecule has 0 bridgehead atoms. The number of carbonyl (C=O) groups excluding carboxylic acids is 1. The van der Waals surface area contributed by atoms with Crippen LogP contribution in [0.25, 0.3) is 11.0 Å². The van der Waals surface area contributed by atoms with Gasteiger partial charge in [-0.15, -0.1) is 11.8 Å². The van der Waals surface area contributed by atoms with Gasteiger partial charge in [0.1, 0.15) is 22.9 Å². The quantitative estimate of drug-likeness (QED) is 0.0739. The van der Waals surface area contributed by atoms with Gasteiger partial charge in [-0.2, -0.15) is 4.98 Å². The molecule has 2 N–H and O–H groups in total. The number of nitrogens with one attached hydrogen (secondary N) is 2. The summed E-state index contributed by atoms with van der Waals surface area (Å²) in [4.78, 5) is 37.8. The van der Waals surface area contributed by atoms with Gasteiger partial charge in [-0.05, 0) is 51.3 Å². The fraction of sp³-hybridized carbons (Fsp3) is 0.500. The van der Waals surface area contributed by atoms with Gasteiger partial charge in [0.05, 0.1) is 54.1 Å². The summed E-state index contributed by atoms with van der Waals surface area (Å²) >= 11 is 3.57. The number of hydrogen-bond acceptors (Lipinski definition) is 11. The van der Waals surface area contributed by atoms with Crippen LogP contribution in [0.15, 0.2) is 55.5 Å². The first-order valence-electron chi connectivity index (χ1n) is 15.5. The first-order valence-corrected chi connectivity index (χ1v) is 17.4. The molecule has 248 valence electrons. The summed E-state index contributed by atoms with van der Waals surface area (Å²) < 4.78 is 21.6. The number of methoxy groups -OCH3 is 1. The Labute approximate surface area is 287 Å². The lowest BCUT2D eigenvalue weighted by Crippen LogP contribution is -2.30. The Morgan fingerprint density at radius 3 is 2.74 bits per heavy atom. The van der Waals surface area contributed by atoms with Gasteiger partial charge in [0.15, 0.2) is 0 Å². The third-order valence-corrected chi connectivity index (χ3v) is 10.1. The number of amides is 1. The molecule has 14 heteroatoms. The summed E-state index contributed by atoms with van der Waals surface area (Å²) in [5.74, 6) is 2.60. The standard InChI is InChI=1S/C32H42IN7O5S/c1-7-44-13-12-39(33)26-16-24(41)29-28(45-26)27(35-18-46-29)20(3)25(43-6)14-19(2)36-32-34-17-21-15-23(31(42)38(4)5)40(30(21)37-32)22-10-8-9-11-22/h14-17,22,27,35H,7-13,18H2,1-6H3,(H,34,36,37)/b19-14+,25-20-. The minimum absolute atomic E-state index is 0.0446. The van der Waals surface area contributed by atoms with Crippen LogP contribution >= 0.6 is 34.6 Å². The van der Waals surface area contributed by atoms with Crippen molar-refractivity contribution in [2.45, 2.75) is 63.4 Å². The second-order valence-electron chi connectivity index (χ2n) is 11.6. The molecule has 1 atom stereocenters. The van der Waals surface area contributed by atoms with Crippen molar-refractivity contribution in [1.29, 1.82) is 0 Å². The zero-order valence-corrected chi connectivity index (χ0v) is 30.2. The van der Waals surface area contributed by atoms with Gasteiger partial charge in [0.25, 0.3) is 5.91 Å². The van der Waals surface area contributed by atoms with Gasteiger partial charge in [0.2, 0.25) is 17.3 Å². The van der Waals surface area contributed by atoms with Gasteiger partial charge < -0.3 is 28.7 Å². The summed E-state index contributed by atoms with van der Waals surface area (Å²) in [6.45, 7) is 7.56. The Kier molecular flexibility index (Phi) is 11.3. The minimum Gasteiger partial charge on any atom is -0.497 e. The molecule has 3 aromatic rings. The van der Waals surface area contributed by atoms with E-state index in [1.165, 1.54) is 17.8 Å². The van der Waals surface area contributed by atoms with E-state index in [-0.39, 0.29) is 23.4 Å². The van der Waals surface area contributed by atoms with Crippen LogP contribution in [-0.2, 0) is 9.47 Å². The molecule has 0 aromatic carbocycles. The third-order valence-electron chi connectivity index (χ3n) is 8.15. The summed E-state index contributed by atoms with van der Waals surface area (Å²) in [7, 11) is 5.15. The zero-order valence-electron chi connectivity index (χ0n) is 27.2. The lowest BCUT2D eigenvalue weighted by Gasteiger charge is -2.27. The molecule has 1 aliphatic carbocycles. The predicted octanol–water partition coefficient (Wildman–Crippen LogP) is 6.02. The highest BCUT2D eigenvalue weighted by atomic mass is 127. The molecular weight excluding hydrogens is 721 g/mol. The number of thioether (sulfide) groups is 1. The van der Waals surface area contributed by atoms with Crippen LogP contribution in [-0.4, -0.2) is 72.2 Å². The van der Waals surface area contributed by atoms with Crippen LogP contribution in [0.2, 0.25) is 0 Å². The first-order chi connectivity index (χ1) is 22.1. The van der Waals surface area contributed by atoms with Gasteiger partial charge in [-0.3, -0.25) is 18.0 Å². The summed E-state index contributed by atoms with van der Waals surface area (Å²) in [5.41, 5.74) is 2.93. The van der Waals surface area contributed by atoms with Crippen molar-refractivity contribution >= 4 is 63.4 Å². The number of ether oxygens (including phenoxy) is 2. The second-order valence-corrected chi connectivity index (χ2v) is 13.7. The van der Waals surface area contributed by atoms with Crippen molar-refractivity contribution in [3.05, 3.63) is 63.1 Å². The van der Waals surface area contributed by atoms with Crippen molar-refractivity contribution in [2.24, 2.45) is 0 Å². The van der Waals surface area contributed by atoms with E-state index in [9.17, 15) is 9.59 Å². The number of carbonyl (C=O) groups is 1. The molecule has 12 nitrogen and oxygen atoms in total. The van der Waals surface area contributed by atoms with E-state index in [0.29, 0.717) is 59.6 Å². The molecule has 1 aliphatic heterocycles. The van der Waals surface area contributed by atoms with Crippen molar-refractivity contribution in [3.8, 4) is 0 Å². The van der Waals surface area contributed by atoms with Crippen molar-refractivity contribution in [3.63, 3.8) is 0 Å². The van der Waals surface area contributed by atoms with Crippen molar-refractivity contribution in [1.82, 2.24) is 24.8 Å². The third kappa shape index (κ3) is 7.39. The summed E-state index contributed by atoms with van der Waals surface area (Å²) in [6, 6.07) is 3.30. The molecule has 5 rings (SSSR count). The summed E-state index contributed by atoms with van der Waals surface area (Å²) in [5, 5.41) is 7.61. The van der Waals surface area contributed by atoms with E-state index in [1.807, 2.05) is 36.0 Å². The number of halogens is 1. The van der Waals surface area contributed by atoms with Crippen LogP contribution in [0, 0.1) is 0 Å². The second kappa shape index (κ2) is 15.2. The molecule has 0 spiro atoms. The maximum absolute atomic E-state index is 13.1. The maximum Gasteiger partial charge on any atom is 0.270 e. The number of rotatable bonds is 12. The topological polar surface area (TPSA) is 127 Å². The Hall–Kier alpha value is -3.08. The van der Waals surface area contributed by atoms with Crippen LogP contribution < -0.4 is 19.2 Å². The van der Waals surface area contributed by atoms with E-state index in [1.54, 1.807) is 32.3 Å². The highest BCUT2D eigenvalue weighted by Crippen LogP contribution is 2.38. The Morgan fingerprint density at radius 1 is 1.28 bits per heavy atom. The Bertz CT molecular complexity index is 1700. The molecule has 3 aromatic heterocycles. The normalized spacial score (nSPS) is 17.5. The van der Waals surface area contributed by atoms with Gasteiger partial charge in [0, 0.05) is 56.0 Å². The number of fused-ring (bicyclic) bond motifs is 2. The molecule has 0 radical (unpaired) electrons. The number of aromatic nitrogens is 3. The van der Waals surface area contributed by atoms with Crippen LogP contribution in [0.3, 0.4) is 0 Å². The maximum atomic E-state index is 13.1. The Balaban J connectivity index is 1.44. The first kappa shape index (κ1) is 34.3. The van der Waals surface area contributed by atoms with E-state index < -0.39 is 0 Å². The number of nitrogens with zero attached hydrogens (tertiary/aromatic N) is 5. The predicted molar refractivity (Wildman–Crippen MR) is 190 cm³/mol. The van der Waals surface area contributed by atoms with Crippen LogP contribution in [0.1, 0.15) is 74.8 Å². The molecule has 4 heterocycles. The molecule has 1 fully saturated rings. The smallest absolute Gasteiger partial charge is 0.270 e. The van der Waals surface area contributed by atoms with Gasteiger partial charge in [-0.1, -0.05) is 12.8 Å². The number of hydrogen-bond donors (Lipinski definition) is 2. The highest BCUT2D eigenvalue weighted by molar-refractivity contribution is 14.1. The molecule has 1 unspecified atom stereocenters. The molecule has 2 aliphatic rings. The van der Waals surface area contributed by atoms with Crippen LogP contribution in [0.5, 0.6) is 0 Å². The highest BCUT2D eigenvalue weighted by Gasteiger charge is 2.30. The van der Waals surface area contributed by atoms with Crippen molar-refractivity contribution < 1.29 is 18.7 Å². The average molecular weight is 764 g/mol. The molecule has 1 amide bonds. The monoisotopic (exact) mass is 763 g/mol. The fourth-order valence-corrected chi connectivity index (χ4v) is 7.19. The van der Waals surface area contributed by atoms with Crippen molar-refractivity contribution in [2.75, 3.05) is 55.3 Å². The Morgan fingerprint density at radius 2 is 2.04 bits per heavy atom. The number of allylic oxidation sites excluding steroid dienone is 2. The molecule has 1 saturated carbocycles. The fourth-order valence-electron chi connectivity index (χ4n) is 5.86. The van der Waals surface area contributed by atoms with Gasteiger partial charge >= 0.3 is 0 Å². The molecular formula is C32H42IN7O5S. The van der Waals surface area contributed by atoms with E-state index >= 15 is 0 Å². The summed E-state index contributed by atoms with van der Waals surface area (Å²) in [6.07, 6.45) is 7.96. The molecule has 46 heavy (non-hydrogen) atoms.